The van der Waals surface area contributed by atoms with E-state index in [1.807, 2.05) is 0 Å². The van der Waals surface area contributed by atoms with Crippen molar-refractivity contribution in [1.82, 2.24) is 0 Å². The SMILES string of the molecule is CNc1ccc(C(O)(C(F)(F)F)C(F)(F)F)cc1C. The van der Waals surface area contributed by atoms with Crippen LogP contribution in [-0.4, -0.2) is 24.5 Å². The van der Waals surface area contributed by atoms with E-state index < -0.39 is 23.5 Å². The Labute approximate surface area is 105 Å². The van der Waals surface area contributed by atoms with Gasteiger partial charge >= 0.3 is 12.4 Å². The first-order valence-corrected chi connectivity index (χ1v) is 5.10. The number of benzene rings is 1. The molecular weight excluding hydrogens is 276 g/mol. The summed E-state index contributed by atoms with van der Waals surface area (Å²) in [6, 6.07) is 2.31. The zero-order chi connectivity index (χ0) is 15.1. The summed E-state index contributed by atoms with van der Waals surface area (Å²) in [6.07, 6.45) is -11.7. The first kappa shape index (κ1) is 15.6. The van der Waals surface area contributed by atoms with Gasteiger partial charge in [-0.2, -0.15) is 26.3 Å². The predicted octanol–water partition coefficient (Wildman–Crippen LogP) is 3.35. The van der Waals surface area contributed by atoms with Gasteiger partial charge in [0.05, 0.1) is 0 Å². The van der Waals surface area contributed by atoms with E-state index in [1.165, 1.54) is 14.0 Å². The van der Waals surface area contributed by atoms with Gasteiger partial charge in [0.1, 0.15) is 0 Å². The largest absolute Gasteiger partial charge is 0.430 e. The van der Waals surface area contributed by atoms with E-state index >= 15 is 0 Å². The standard InChI is InChI=1S/C11H11F6NO/c1-6-5-7(3-4-8(6)18-2)9(19,10(12,13)14)11(15,16)17/h3-5,18-19H,1-2H3. The van der Waals surface area contributed by atoms with Crippen LogP contribution in [0.1, 0.15) is 11.1 Å². The number of rotatable bonds is 2. The average Bonchev–Trinajstić information content (AvgIpc) is 2.24. The van der Waals surface area contributed by atoms with Crippen LogP contribution in [0.15, 0.2) is 18.2 Å². The molecule has 1 aromatic rings. The van der Waals surface area contributed by atoms with Crippen molar-refractivity contribution in [2.24, 2.45) is 0 Å². The summed E-state index contributed by atoms with van der Waals surface area (Å²) >= 11 is 0. The van der Waals surface area contributed by atoms with Gasteiger partial charge in [0.15, 0.2) is 0 Å². The number of hydrogen-bond donors (Lipinski definition) is 2. The molecule has 0 aliphatic carbocycles. The fourth-order valence-corrected chi connectivity index (χ4v) is 1.66. The number of aryl methyl sites for hydroxylation is 1. The molecule has 0 unspecified atom stereocenters. The summed E-state index contributed by atoms with van der Waals surface area (Å²) in [6.45, 7) is 1.34. The van der Waals surface area contributed by atoms with Crippen LogP contribution in [0.25, 0.3) is 0 Å². The fourth-order valence-electron chi connectivity index (χ4n) is 1.66. The summed E-state index contributed by atoms with van der Waals surface area (Å²) in [5, 5.41) is 11.8. The van der Waals surface area contributed by atoms with Crippen LogP contribution >= 0.6 is 0 Å². The lowest BCUT2D eigenvalue weighted by molar-refractivity contribution is -0.376. The maximum absolute atomic E-state index is 12.6. The second-order valence-electron chi connectivity index (χ2n) is 3.99. The highest BCUT2D eigenvalue weighted by Gasteiger charge is 2.71. The van der Waals surface area contributed by atoms with Crippen LogP contribution in [0.3, 0.4) is 0 Å². The molecule has 2 N–H and O–H groups in total. The highest BCUT2D eigenvalue weighted by molar-refractivity contribution is 5.52. The molecule has 0 heterocycles. The van der Waals surface area contributed by atoms with Crippen molar-refractivity contribution in [3.05, 3.63) is 29.3 Å². The molecule has 0 saturated carbocycles. The molecule has 0 bridgehead atoms. The Kier molecular flexibility index (Phi) is 3.77. The smallest absolute Gasteiger partial charge is 0.388 e. The molecule has 0 fully saturated rings. The molecule has 0 spiro atoms. The topological polar surface area (TPSA) is 32.3 Å². The monoisotopic (exact) mass is 287 g/mol. The highest BCUT2D eigenvalue weighted by Crippen LogP contribution is 2.50. The second-order valence-corrected chi connectivity index (χ2v) is 3.99. The molecule has 1 rings (SSSR count). The minimum Gasteiger partial charge on any atom is -0.388 e. The molecular formula is C11H11F6NO. The van der Waals surface area contributed by atoms with E-state index in [4.69, 9.17) is 0 Å². The predicted molar refractivity (Wildman–Crippen MR) is 56.7 cm³/mol. The Balaban J connectivity index is 3.48. The van der Waals surface area contributed by atoms with E-state index in [2.05, 4.69) is 5.32 Å². The molecule has 2 nitrogen and oxygen atoms in total. The van der Waals surface area contributed by atoms with Crippen molar-refractivity contribution in [3.8, 4) is 0 Å². The zero-order valence-electron chi connectivity index (χ0n) is 9.95. The Morgan fingerprint density at radius 2 is 1.47 bits per heavy atom. The zero-order valence-corrected chi connectivity index (χ0v) is 9.95. The Morgan fingerprint density at radius 1 is 1.00 bits per heavy atom. The van der Waals surface area contributed by atoms with Crippen LogP contribution in [0, 0.1) is 6.92 Å². The first-order chi connectivity index (χ1) is 8.45. The summed E-state index contributed by atoms with van der Waals surface area (Å²) < 4.78 is 75.7. The summed E-state index contributed by atoms with van der Waals surface area (Å²) in [4.78, 5) is 0. The van der Waals surface area contributed by atoms with Crippen LogP contribution in [0.2, 0.25) is 0 Å². The number of hydrogen-bond acceptors (Lipinski definition) is 2. The van der Waals surface area contributed by atoms with Crippen molar-refractivity contribution >= 4 is 5.69 Å². The third-order valence-corrected chi connectivity index (χ3v) is 2.73. The van der Waals surface area contributed by atoms with Crippen molar-refractivity contribution < 1.29 is 31.4 Å². The molecule has 0 radical (unpaired) electrons. The quantitative estimate of drug-likeness (QED) is 0.818. The number of anilines is 1. The van der Waals surface area contributed by atoms with Gasteiger partial charge in [-0.15, -0.1) is 0 Å². The van der Waals surface area contributed by atoms with Crippen molar-refractivity contribution in [2.75, 3.05) is 12.4 Å². The third-order valence-electron chi connectivity index (χ3n) is 2.73. The Hall–Kier alpha value is -1.44. The lowest BCUT2D eigenvalue weighted by Gasteiger charge is -2.33. The summed E-state index contributed by atoms with van der Waals surface area (Å²) in [7, 11) is 1.47. The number of nitrogens with one attached hydrogen (secondary N) is 1. The minimum absolute atomic E-state index is 0.159. The number of aliphatic hydroxyl groups is 1. The molecule has 0 aliphatic heterocycles. The summed E-state index contributed by atoms with van der Waals surface area (Å²) in [5.74, 6) is 0. The maximum Gasteiger partial charge on any atom is 0.430 e. The average molecular weight is 287 g/mol. The Morgan fingerprint density at radius 3 is 1.79 bits per heavy atom. The normalized spacial score (nSPS) is 13.5. The highest BCUT2D eigenvalue weighted by atomic mass is 19.4. The third kappa shape index (κ3) is 2.49. The molecule has 0 aromatic heterocycles. The van der Waals surface area contributed by atoms with Crippen LogP contribution < -0.4 is 5.32 Å². The lowest BCUT2D eigenvalue weighted by Crippen LogP contribution is -2.53. The van der Waals surface area contributed by atoms with Crippen LogP contribution in [0.5, 0.6) is 0 Å². The van der Waals surface area contributed by atoms with E-state index in [-0.39, 0.29) is 5.56 Å². The van der Waals surface area contributed by atoms with Gasteiger partial charge in [0, 0.05) is 18.3 Å². The molecule has 19 heavy (non-hydrogen) atoms. The number of alkyl halides is 6. The van der Waals surface area contributed by atoms with Gasteiger partial charge in [-0.25, -0.2) is 0 Å². The van der Waals surface area contributed by atoms with Crippen molar-refractivity contribution in [3.63, 3.8) is 0 Å². The van der Waals surface area contributed by atoms with Crippen LogP contribution in [-0.2, 0) is 5.60 Å². The maximum atomic E-state index is 12.6. The molecule has 1 aromatic carbocycles. The molecule has 8 heteroatoms. The molecule has 0 aliphatic rings. The van der Waals surface area contributed by atoms with E-state index in [1.54, 1.807) is 0 Å². The molecule has 0 amide bonds. The molecule has 0 atom stereocenters. The van der Waals surface area contributed by atoms with Crippen LogP contribution in [0.4, 0.5) is 32.0 Å². The van der Waals surface area contributed by atoms with Gasteiger partial charge in [0.25, 0.3) is 5.60 Å². The van der Waals surface area contributed by atoms with Crippen molar-refractivity contribution in [2.45, 2.75) is 24.9 Å². The molecule has 0 saturated heterocycles. The fraction of sp³-hybridized carbons (Fsp3) is 0.455. The van der Waals surface area contributed by atoms with Gasteiger partial charge in [-0.05, 0) is 18.6 Å². The van der Waals surface area contributed by atoms with Gasteiger partial charge in [0.2, 0.25) is 0 Å². The van der Waals surface area contributed by atoms with Gasteiger partial charge in [-0.3, -0.25) is 0 Å². The first-order valence-electron chi connectivity index (χ1n) is 5.10. The van der Waals surface area contributed by atoms with Gasteiger partial charge in [-0.1, -0.05) is 12.1 Å². The van der Waals surface area contributed by atoms with E-state index in [0.29, 0.717) is 17.8 Å². The van der Waals surface area contributed by atoms with E-state index in [0.717, 1.165) is 6.07 Å². The summed E-state index contributed by atoms with van der Waals surface area (Å²) in [5.41, 5.74) is -5.61. The second kappa shape index (κ2) is 4.59. The Bertz CT molecular complexity index is 451. The number of halogens is 6. The minimum atomic E-state index is -5.86. The lowest BCUT2D eigenvalue weighted by atomic mass is 9.90. The molecule has 108 valence electrons. The van der Waals surface area contributed by atoms with Crippen molar-refractivity contribution in [1.29, 1.82) is 0 Å². The van der Waals surface area contributed by atoms with Gasteiger partial charge < -0.3 is 10.4 Å². The van der Waals surface area contributed by atoms with E-state index in [9.17, 15) is 31.4 Å².